The summed E-state index contributed by atoms with van der Waals surface area (Å²) >= 11 is 0. The van der Waals surface area contributed by atoms with Gasteiger partial charge in [-0.1, -0.05) is 13.8 Å². The quantitative estimate of drug-likeness (QED) is 0.934. The lowest BCUT2D eigenvalue weighted by molar-refractivity contribution is -0.146. The van der Waals surface area contributed by atoms with Crippen LogP contribution >= 0.6 is 0 Å². The Kier molecular flexibility index (Phi) is 4.13. The largest absolute Gasteiger partial charge is 0.453 e. The van der Waals surface area contributed by atoms with E-state index in [4.69, 9.17) is 4.74 Å². The molecular weight excluding hydrogens is 311 g/mol. The summed E-state index contributed by atoms with van der Waals surface area (Å²) in [5, 5.41) is 13.7. The predicted octanol–water partition coefficient (Wildman–Crippen LogP) is 2.62. The summed E-state index contributed by atoms with van der Waals surface area (Å²) in [6.07, 6.45) is -3.50. The molecule has 0 radical (unpaired) electrons. The summed E-state index contributed by atoms with van der Waals surface area (Å²) in [4.78, 5) is 0. The number of nitrogens with one attached hydrogen (secondary N) is 1. The van der Waals surface area contributed by atoms with Crippen molar-refractivity contribution >= 4 is 11.5 Å². The number of halogens is 3. The molecule has 3 heterocycles. The summed E-state index contributed by atoms with van der Waals surface area (Å²) in [5.41, 5.74) is 0.0622. The number of hydrogen-bond acceptors (Lipinski definition) is 5. The molecular formula is C14H18F3N5O. The van der Waals surface area contributed by atoms with Crippen molar-refractivity contribution in [2.45, 2.75) is 32.5 Å². The smallest absolute Gasteiger partial charge is 0.378 e. The van der Waals surface area contributed by atoms with Crippen LogP contribution in [0, 0.1) is 11.8 Å². The first-order chi connectivity index (χ1) is 10.9. The van der Waals surface area contributed by atoms with Gasteiger partial charge in [0.25, 0.3) is 5.82 Å². The van der Waals surface area contributed by atoms with Gasteiger partial charge in [-0.25, -0.2) is 0 Å². The van der Waals surface area contributed by atoms with Gasteiger partial charge in [0.05, 0.1) is 6.10 Å². The average molecular weight is 329 g/mol. The van der Waals surface area contributed by atoms with E-state index >= 15 is 0 Å². The molecule has 0 saturated carbocycles. The Morgan fingerprint density at radius 1 is 1.35 bits per heavy atom. The zero-order valence-corrected chi connectivity index (χ0v) is 12.8. The molecule has 2 aromatic heterocycles. The predicted molar refractivity (Wildman–Crippen MR) is 77.0 cm³/mol. The van der Waals surface area contributed by atoms with Crippen LogP contribution in [0.1, 0.15) is 26.1 Å². The molecule has 0 bridgehead atoms. The molecule has 1 saturated heterocycles. The Hall–Kier alpha value is -1.90. The maximum atomic E-state index is 12.9. The Bertz CT molecular complexity index is 685. The van der Waals surface area contributed by atoms with Gasteiger partial charge in [-0.15, -0.1) is 15.3 Å². The molecule has 1 N–H and O–H groups in total. The lowest BCUT2D eigenvalue weighted by Gasteiger charge is -2.22. The first-order valence-electron chi connectivity index (χ1n) is 7.51. The van der Waals surface area contributed by atoms with E-state index in [-0.39, 0.29) is 11.8 Å². The Balaban J connectivity index is 1.76. The maximum Gasteiger partial charge on any atom is 0.453 e. The van der Waals surface area contributed by atoms with Crippen molar-refractivity contribution in [1.29, 1.82) is 0 Å². The van der Waals surface area contributed by atoms with E-state index in [1.54, 1.807) is 6.07 Å². The van der Waals surface area contributed by atoms with Gasteiger partial charge in [0, 0.05) is 19.1 Å². The second-order valence-corrected chi connectivity index (χ2v) is 6.02. The average Bonchev–Trinajstić information content (AvgIpc) is 3.10. The van der Waals surface area contributed by atoms with Crippen molar-refractivity contribution < 1.29 is 17.9 Å². The number of alkyl halides is 3. The number of ether oxygens (including phenoxy) is 1. The van der Waals surface area contributed by atoms with Crippen molar-refractivity contribution in [2.75, 3.05) is 18.5 Å². The van der Waals surface area contributed by atoms with Gasteiger partial charge in [-0.05, 0) is 24.5 Å². The van der Waals surface area contributed by atoms with Crippen LogP contribution in [0.2, 0.25) is 0 Å². The molecule has 0 aliphatic carbocycles. The van der Waals surface area contributed by atoms with Crippen LogP contribution in [-0.4, -0.2) is 39.1 Å². The molecule has 9 heteroatoms. The molecule has 126 valence electrons. The molecule has 3 rings (SSSR count). The van der Waals surface area contributed by atoms with Crippen molar-refractivity contribution in [3.05, 3.63) is 18.0 Å². The molecule has 6 nitrogen and oxygen atoms in total. The molecule has 1 aliphatic heterocycles. The lowest BCUT2D eigenvalue weighted by Crippen LogP contribution is -2.28. The topological polar surface area (TPSA) is 64.3 Å². The minimum Gasteiger partial charge on any atom is -0.378 e. The van der Waals surface area contributed by atoms with E-state index in [1.165, 1.54) is 6.07 Å². The Morgan fingerprint density at radius 3 is 2.83 bits per heavy atom. The molecule has 1 aliphatic rings. The monoisotopic (exact) mass is 329 g/mol. The van der Waals surface area contributed by atoms with Gasteiger partial charge < -0.3 is 10.1 Å². The fourth-order valence-electron chi connectivity index (χ4n) is 2.91. The Labute approximate surface area is 131 Å². The van der Waals surface area contributed by atoms with Crippen LogP contribution in [0.25, 0.3) is 5.65 Å². The minimum absolute atomic E-state index is 0.0622. The highest BCUT2D eigenvalue weighted by molar-refractivity contribution is 5.44. The maximum absolute atomic E-state index is 12.9. The van der Waals surface area contributed by atoms with E-state index in [1.807, 2.05) is 0 Å². The summed E-state index contributed by atoms with van der Waals surface area (Å²) < 4.78 is 45.0. The first-order valence-corrected chi connectivity index (χ1v) is 7.51. The van der Waals surface area contributed by atoms with Crippen LogP contribution in [0.4, 0.5) is 19.0 Å². The van der Waals surface area contributed by atoms with Gasteiger partial charge in [0.15, 0.2) is 5.65 Å². The number of hydrogen-bond donors (Lipinski definition) is 1. The van der Waals surface area contributed by atoms with Gasteiger partial charge in [-0.2, -0.15) is 17.7 Å². The Morgan fingerprint density at radius 2 is 2.13 bits per heavy atom. The zero-order valence-electron chi connectivity index (χ0n) is 12.8. The van der Waals surface area contributed by atoms with Gasteiger partial charge >= 0.3 is 6.18 Å². The van der Waals surface area contributed by atoms with E-state index in [0.29, 0.717) is 35.3 Å². The molecule has 0 aromatic carbocycles. The summed E-state index contributed by atoms with van der Waals surface area (Å²) in [6.45, 7) is 5.51. The summed E-state index contributed by atoms with van der Waals surface area (Å²) in [5.74, 6) is -0.0532. The zero-order chi connectivity index (χ0) is 16.6. The molecule has 0 amide bonds. The second-order valence-electron chi connectivity index (χ2n) is 6.02. The number of aromatic nitrogens is 4. The van der Waals surface area contributed by atoms with E-state index in [9.17, 15) is 13.2 Å². The van der Waals surface area contributed by atoms with Gasteiger partial charge in [0.2, 0.25) is 0 Å². The van der Waals surface area contributed by atoms with Crippen LogP contribution in [0.3, 0.4) is 0 Å². The number of anilines is 1. The SMILES string of the molecule is CC(C)[C@H]1OCC[C@@H]1CNc1ccc2nnc(C(F)(F)F)n2n1. The normalized spacial score (nSPS) is 22.2. The number of rotatable bonds is 4. The number of nitrogens with zero attached hydrogens (tertiary/aromatic N) is 4. The molecule has 0 unspecified atom stereocenters. The highest BCUT2D eigenvalue weighted by atomic mass is 19.4. The third-order valence-electron chi connectivity index (χ3n) is 3.98. The highest BCUT2D eigenvalue weighted by Crippen LogP contribution is 2.28. The molecule has 2 aromatic rings. The van der Waals surface area contributed by atoms with Gasteiger partial charge in [0.1, 0.15) is 5.82 Å². The van der Waals surface area contributed by atoms with Crippen molar-refractivity contribution in [1.82, 2.24) is 19.8 Å². The fraction of sp³-hybridized carbons (Fsp3) is 0.643. The molecule has 0 spiro atoms. The lowest BCUT2D eigenvalue weighted by atomic mass is 9.93. The highest BCUT2D eigenvalue weighted by Gasteiger charge is 2.37. The summed E-state index contributed by atoms with van der Waals surface area (Å²) in [7, 11) is 0. The molecule has 2 atom stereocenters. The van der Waals surface area contributed by atoms with Crippen LogP contribution < -0.4 is 5.32 Å². The van der Waals surface area contributed by atoms with E-state index in [0.717, 1.165) is 6.42 Å². The van der Waals surface area contributed by atoms with Crippen LogP contribution in [-0.2, 0) is 10.9 Å². The van der Waals surface area contributed by atoms with E-state index < -0.39 is 12.0 Å². The standard InChI is InChI=1S/C14H18F3N5O/c1-8(2)12-9(5-6-23-12)7-18-10-3-4-11-19-20-13(14(15,16)17)22(11)21-10/h3-4,8-9,12H,5-7H2,1-2H3,(H,18,21)/t9-,12-/m1/s1. The van der Waals surface area contributed by atoms with Crippen LogP contribution in [0.15, 0.2) is 12.1 Å². The van der Waals surface area contributed by atoms with Crippen molar-refractivity contribution in [2.24, 2.45) is 11.8 Å². The first kappa shape index (κ1) is 16.0. The fourth-order valence-corrected chi connectivity index (χ4v) is 2.91. The third-order valence-corrected chi connectivity index (χ3v) is 3.98. The van der Waals surface area contributed by atoms with Crippen molar-refractivity contribution in [3.8, 4) is 0 Å². The summed E-state index contributed by atoms with van der Waals surface area (Å²) in [6, 6.07) is 3.06. The molecule has 23 heavy (non-hydrogen) atoms. The van der Waals surface area contributed by atoms with Gasteiger partial charge in [-0.3, -0.25) is 0 Å². The van der Waals surface area contributed by atoms with Crippen molar-refractivity contribution in [3.63, 3.8) is 0 Å². The third kappa shape index (κ3) is 3.24. The van der Waals surface area contributed by atoms with Crippen LogP contribution in [0.5, 0.6) is 0 Å². The minimum atomic E-state index is -4.59. The second kappa shape index (κ2) is 5.95. The number of fused-ring (bicyclic) bond motifs is 1. The van der Waals surface area contributed by atoms with E-state index in [2.05, 4.69) is 34.5 Å². The molecule has 1 fully saturated rings.